The van der Waals surface area contributed by atoms with Gasteiger partial charge in [0.2, 0.25) is 0 Å². The van der Waals surface area contributed by atoms with Crippen molar-refractivity contribution in [3.63, 3.8) is 0 Å². The van der Waals surface area contributed by atoms with Crippen molar-refractivity contribution in [2.24, 2.45) is 5.73 Å². The van der Waals surface area contributed by atoms with E-state index in [-0.39, 0.29) is 30.5 Å². The first-order valence-electron chi connectivity index (χ1n) is 4.14. The molecule has 1 aromatic rings. The molecule has 7 N–H and O–H groups in total. The van der Waals surface area contributed by atoms with Crippen molar-refractivity contribution < 1.29 is 9.84 Å². The number of methoxy groups -OCH3 is 1. The highest BCUT2D eigenvalue weighted by atomic mass is 16.5. The molecule has 0 aliphatic carbocycles. The molecule has 1 unspecified atom stereocenters. The lowest BCUT2D eigenvalue weighted by Crippen LogP contribution is -2.26. The predicted molar refractivity (Wildman–Crippen MR) is 52.7 cm³/mol. The van der Waals surface area contributed by atoms with E-state index < -0.39 is 6.10 Å². The molecule has 0 saturated carbocycles. The molecule has 0 aliphatic heterocycles. The number of aliphatic hydroxyl groups excluding tert-OH is 1. The van der Waals surface area contributed by atoms with E-state index in [1.807, 2.05) is 0 Å². The Kier molecular flexibility index (Phi) is 3.15. The third-order valence-corrected chi connectivity index (χ3v) is 1.85. The van der Waals surface area contributed by atoms with Gasteiger partial charge < -0.3 is 27.0 Å². The van der Waals surface area contributed by atoms with Gasteiger partial charge in [0.25, 0.3) is 5.88 Å². The molecule has 0 bridgehead atoms. The largest absolute Gasteiger partial charge is 0.478 e. The Morgan fingerprint density at radius 1 is 1.57 bits per heavy atom. The minimum Gasteiger partial charge on any atom is -0.478 e. The van der Waals surface area contributed by atoms with E-state index in [0.717, 1.165) is 0 Å². The Balaban J connectivity index is 2.87. The number of hydrogen-bond donors (Lipinski definition) is 4. The van der Waals surface area contributed by atoms with Crippen LogP contribution in [0.4, 0.5) is 11.5 Å². The Bertz CT molecular complexity index is 311. The first-order chi connectivity index (χ1) is 6.60. The highest BCUT2D eigenvalue weighted by Crippen LogP contribution is 2.25. The quantitative estimate of drug-likeness (QED) is 0.463. The first kappa shape index (κ1) is 10.6. The van der Waals surface area contributed by atoms with Crippen LogP contribution < -0.4 is 21.9 Å². The molecule has 0 aromatic carbocycles. The third-order valence-electron chi connectivity index (χ3n) is 1.85. The topological polar surface area (TPSA) is 125 Å². The van der Waals surface area contributed by atoms with Crippen LogP contribution in [0.5, 0.6) is 5.88 Å². The maximum absolute atomic E-state index is 9.29. The van der Waals surface area contributed by atoms with Crippen LogP contribution in [0.15, 0.2) is 0 Å². The summed E-state index contributed by atoms with van der Waals surface area (Å²) in [6.07, 6.45) is -0.693. The fraction of sp³-hybridized carbons (Fsp3) is 0.571. The monoisotopic (exact) mass is 201 g/mol. The standard InChI is InChI=1S/C7H15N5O2/c1-14-7-5(9)6(10)12(11-7)3-4(13)2-8/h4,13H,2-3,8-10H2,1H3. The van der Waals surface area contributed by atoms with Crippen LogP contribution in [0, 0.1) is 0 Å². The summed E-state index contributed by atoms with van der Waals surface area (Å²) in [4.78, 5) is 0. The molecule has 14 heavy (non-hydrogen) atoms. The van der Waals surface area contributed by atoms with Crippen molar-refractivity contribution in [3.05, 3.63) is 0 Å². The van der Waals surface area contributed by atoms with E-state index in [4.69, 9.17) is 21.9 Å². The van der Waals surface area contributed by atoms with Gasteiger partial charge in [-0.25, -0.2) is 4.68 Å². The summed E-state index contributed by atoms with van der Waals surface area (Å²) in [6.45, 7) is 0.345. The summed E-state index contributed by atoms with van der Waals surface area (Å²) in [5.41, 5.74) is 16.7. The van der Waals surface area contributed by atoms with Gasteiger partial charge in [-0.15, -0.1) is 5.10 Å². The van der Waals surface area contributed by atoms with Crippen molar-refractivity contribution in [1.29, 1.82) is 0 Å². The van der Waals surface area contributed by atoms with Gasteiger partial charge in [0.05, 0.1) is 19.8 Å². The van der Waals surface area contributed by atoms with Crippen molar-refractivity contribution in [1.82, 2.24) is 9.78 Å². The van der Waals surface area contributed by atoms with Gasteiger partial charge in [-0.2, -0.15) is 0 Å². The van der Waals surface area contributed by atoms with Gasteiger partial charge in [-0.1, -0.05) is 0 Å². The second-order valence-electron chi connectivity index (χ2n) is 2.88. The van der Waals surface area contributed by atoms with Gasteiger partial charge >= 0.3 is 0 Å². The zero-order valence-corrected chi connectivity index (χ0v) is 7.97. The highest BCUT2D eigenvalue weighted by molar-refractivity contribution is 5.65. The summed E-state index contributed by atoms with van der Waals surface area (Å²) in [6, 6.07) is 0. The number of anilines is 2. The van der Waals surface area contributed by atoms with Crippen LogP contribution in [0.3, 0.4) is 0 Å². The molecule has 1 atom stereocenters. The van der Waals surface area contributed by atoms with Crippen LogP contribution in [-0.2, 0) is 6.54 Å². The van der Waals surface area contributed by atoms with E-state index in [0.29, 0.717) is 0 Å². The number of nitrogens with two attached hydrogens (primary N) is 3. The molecule has 0 aliphatic rings. The van der Waals surface area contributed by atoms with Gasteiger partial charge in [-0.05, 0) is 0 Å². The Morgan fingerprint density at radius 3 is 2.64 bits per heavy atom. The number of aliphatic hydroxyl groups is 1. The maximum atomic E-state index is 9.29. The van der Waals surface area contributed by atoms with Crippen molar-refractivity contribution in [2.75, 3.05) is 25.1 Å². The van der Waals surface area contributed by atoms with Gasteiger partial charge in [0.1, 0.15) is 11.5 Å². The number of nitrogen functional groups attached to an aromatic ring is 2. The maximum Gasteiger partial charge on any atom is 0.258 e. The molecular weight excluding hydrogens is 186 g/mol. The summed E-state index contributed by atoms with van der Waals surface area (Å²) in [5, 5.41) is 13.2. The summed E-state index contributed by atoms with van der Waals surface area (Å²) in [5.74, 6) is 0.529. The molecule has 7 nitrogen and oxygen atoms in total. The van der Waals surface area contributed by atoms with Crippen molar-refractivity contribution in [2.45, 2.75) is 12.6 Å². The molecule has 1 aromatic heterocycles. The zero-order chi connectivity index (χ0) is 10.7. The minimum absolute atomic E-state index is 0.140. The van der Waals surface area contributed by atoms with E-state index >= 15 is 0 Å². The summed E-state index contributed by atoms with van der Waals surface area (Å²) >= 11 is 0. The average molecular weight is 201 g/mol. The molecule has 0 amide bonds. The Labute approximate surface area is 81.4 Å². The van der Waals surface area contributed by atoms with Crippen LogP contribution in [0.25, 0.3) is 0 Å². The summed E-state index contributed by atoms with van der Waals surface area (Å²) in [7, 11) is 1.45. The minimum atomic E-state index is -0.693. The fourth-order valence-corrected chi connectivity index (χ4v) is 1.03. The number of ether oxygens (including phenoxy) is 1. The molecule has 80 valence electrons. The third kappa shape index (κ3) is 1.88. The fourth-order valence-electron chi connectivity index (χ4n) is 1.03. The molecular formula is C7H15N5O2. The smallest absolute Gasteiger partial charge is 0.258 e. The van der Waals surface area contributed by atoms with E-state index in [2.05, 4.69) is 5.10 Å². The number of rotatable bonds is 4. The molecule has 1 rings (SSSR count). The zero-order valence-electron chi connectivity index (χ0n) is 7.97. The van der Waals surface area contributed by atoms with E-state index in [1.165, 1.54) is 11.8 Å². The normalized spacial score (nSPS) is 12.8. The van der Waals surface area contributed by atoms with Crippen LogP contribution in [0.2, 0.25) is 0 Å². The van der Waals surface area contributed by atoms with Gasteiger partial charge in [-0.3, -0.25) is 0 Å². The van der Waals surface area contributed by atoms with Crippen LogP contribution in [-0.4, -0.2) is 34.6 Å². The molecule has 0 saturated heterocycles. The van der Waals surface area contributed by atoms with E-state index in [1.54, 1.807) is 0 Å². The summed E-state index contributed by atoms with van der Waals surface area (Å²) < 4.78 is 6.24. The Hall–Kier alpha value is -1.47. The van der Waals surface area contributed by atoms with Crippen LogP contribution >= 0.6 is 0 Å². The number of nitrogens with zero attached hydrogens (tertiary/aromatic N) is 2. The number of aromatic nitrogens is 2. The molecule has 0 radical (unpaired) electrons. The predicted octanol–water partition coefficient (Wildman–Crippen LogP) is -1.62. The molecule has 0 spiro atoms. The SMILES string of the molecule is COc1nn(CC(O)CN)c(N)c1N. The number of hydrogen-bond acceptors (Lipinski definition) is 6. The second kappa shape index (κ2) is 4.16. The van der Waals surface area contributed by atoms with Crippen molar-refractivity contribution in [3.8, 4) is 5.88 Å². The van der Waals surface area contributed by atoms with Gasteiger partial charge in [0.15, 0.2) is 0 Å². The molecule has 0 fully saturated rings. The lowest BCUT2D eigenvalue weighted by Gasteiger charge is -2.08. The average Bonchev–Trinajstić information content (AvgIpc) is 2.45. The van der Waals surface area contributed by atoms with E-state index in [9.17, 15) is 5.11 Å². The molecule has 7 heteroatoms. The van der Waals surface area contributed by atoms with Gasteiger partial charge in [0, 0.05) is 6.54 Å². The first-order valence-corrected chi connectivity index (χ1v) is 4.14. The molecule has 1 heterocycles. The van der Waals surface area contributed by atoms with Crippen molar-refractivity contribution >= 4 is 11.5 Å². The van der Waals surface area contributed by atoms with Crippen LogP contribution in [0.1, 0.15) is 0 Å². The highest BCUT2D eigenvalue weighted by Gasteiger charge is 2.14. The Morgan fingerprint density at radius 2 is 2.21 bits per heavy atom. The lowest BCUT2D eigenvalue weighted by atomic mass is 10.3. The lowest BCUT2D eigenvalue weighted by molar-refractivity contribution is 0.157. The second-order valence-corrected chi connectivity index (χ2v) is 2.88.